The summed E-state index contributed by atoms with van der Waals surface area (Å²) in [5.74, 6) is 1.10. The number of nitrogens with one attached hydrogen (secondary N) is 1. The zero-order valence-corrected chi connectivity index (χ0v) is 15.5. The minimum Gasteiger partial charge on any atom is -0.368 e. The molecule has 0 bridgehead atoms. The van der Waals surface area contributed by atoms with Crippen LogP contribution in [-0.2, 0) is 10.2 Å². The van der Waals surface area contributed by atoms with Gasteiger partial charge in [0.2, 0.25) is 0 Å². The van der Waals surface area contributed by atoms with Crippen molar-refractivity contribution in [2.45, 2.75) is 43.8 Å². The SMILES string of the molecule is O=S(=O)(N1CCCC1)N1CCC[C@@H](c2ncc3n2C2C=CNC2N=C3)C1. The summed E-state index contributed by atoms with van der Waals surface area (Å²) in [5, 5.41) is 3.25. The first kappa shape index (κ1) is 16.5. The number of nitrogens with zero attached hydrogens (tertiary/aromatic N) is 5. The average Bonchev–Trinajstić information content (AvgIpc) is 3.40. The first-order valence-electron chi connectivity index (χ1n) is 9.43. The van der Waals surface area contributed by atoms with Gasteiger partial charge >= 0.3 is 0 Å². The third kappa shape index (κ3) is 2.52. The molecule has 3 atom stereocenters. The molecule has 0 spiro atoms. The van der Waals surface area contributed by atoms with Gasteiger partial charge in [-0.25, -0.2) is 4.98 Å². The quantitative estimate of drug-likeness (QED) is 0.847. The molecule has 1 N–H and O–H groups in total. The van der Waals surface area contributed by atoms with E-state index in [0.717, 1.165) is 37.2 Å². The standard InChI is InChI=1S/C17H24N6O2S/c24-26(25,21-7-1-2-8-21)22-9-3-4-13(12-22)17-20-11-14-10-19-16-15(23(14)17)5-6-18-16/h5-6,10-11,13,15-16,18H,1-4,7-9,12H2/t13-,15?,16?/m1/s1. The minimum atomic E-state index is -3.35. The normalized spacial score (nSPS) is 31.8. The fourth-order valence-electron chi connectivity index (χ4n) is 4.53. The van der Waals surface area contributed by atoms with Gasteiger partial charge in [-0.1, -0.05) is 0 Å². The number of rotatable bonds is 3. The maximum Gasteiger partial charge on any atom is 0.281 e. The molecule has 5 heterocycles. The Kier molecular flexibility index (Phi) is 3.91. The third-order valence-electron chi connectivity index (χ3n) is 5.87. The van der Waals surface area contributed by atoms with E-state index in [-0.39, 0.29) is 18.1 Å². The highest BCUT2D eigenvalue weighted by atomic mass is 32.2. The summed E-state index contributed by atoms with van der Waals surface area (Å²) in [6.07, 6.45) is 11.5. The lowest BCUT2D eigenvalue weighted by molar-refractivity contribution is 0.281. The highest BCUT2D eigenvalue weighted by molar-refractivity contribution is 7.86. The minimum absolute atomic E-state index is 0.0171. The summed E-state index contributed by atoms with van der Waals surface area (Å²) >= 11 is 0. The van der Waals surface area contributed by atoms with Gasteiger partial charge in [-0.15, -0.1) is 0 Å². The molecule has 1 aromatic rings. The summed E-state index contributed by atoms with van der Waals surface area (Å²) < 4.78 is 31.5. The molecule has 0 amide bonds. The van der Waals surface area contributed by atoms with E-state index in [1.807, 2.05) is 18.6 Å². The van der Waals surface area contributed by atoms with E-state index in [1.54, 1.807) is 8.61 Å². The van der Waals surface area contributed by atoms with Crippen molar-refractivity contribution in [3.8, 4) is 0 Å². The smallest absolute Gasteiger partial charge is 0.281 e. The Balaban J connectivity index is 1.43. The van der Waals surface area contributed by atoms with Gasteiger partial charge in [0.25, 0.3) is 10.2 Å². The van der Waals surface area contributed by atoms with Gasteiger partial charge in [0.1, 0.15) is 12.0 Å². The monoisotopic (exact) mass is 376 g/mol. The molecule has 5 rings (SSSR count). The molecule has 4 aliphatic rings. The van der Waals surface area contributed by atoms with Gasteiger partial charge in [-0.05, 0) is 38.0 Å². The number of aliphatic imine (C=N–C) groups is 1. The molecule has 2 fully saturated rings. The third-order valence-corrected chi connectivity index (χ3v) is 7.87. The van der Waals surface area contributed by atoms with E-state index >= 15 is 0 Å². The number of aromatic nitrogens is 2. The van der Waals surface area contributed by atoms with Crippen molar-refractivity contribution in [3.05, 3.63) is 30.0 Å². The Labute approximate surface area is 153 Å². The Bertz CT molecular complexity index is 855. The number of hydrogen-bond donors (Lipinski definition) is 1. The average molecular weight is 376 g/mol. The van der Waals surface area contributed by atoms with Crippen molar-refractivity contribution >= 4 is 16.4 Å². The molecular formula is C17H24N6O2S. The number of hydrogen-bond acceptors (Lipinski definition) is 5. The Morgan fingerprint density at radius 1 is 1.12 bits per heavy atom. The first-order chi connectivity index (χ1) is 12.6. The first-order valence-corrected chi connectivity index (χ1v) is 10.8. The molecule has 1 aromatic heterocycles. The van der Waals surface area contributed by atoms with Crippen LogP contribution in [0, 0.1) is 0 Å². The Morgan fingerprint density at radius 3 is 2.77 bits per heavy atom. The lowest BCUT2D eigenvalue weighted by Crippen LogP contribution is -2.47. The molecule has 9 heteroatoms. The van der Waals surface area contributed by atoms with Crippen molar-refractivity contribution in [3.63, 3.8) is 0 Å². The van der Waals surface area contributed by atoms with Crippen LogP contribution < -0.4 is 5.32 Å². The molecule has 0 aliphatic carbocycles. The fourth-order valence-corrected chi connectivity index (χ4v) is 6.30. The molecule has 4 aliphatic heterocycles. The largest absolute Gasteiger partial charge is 0.368 e. The fraction of sp³-hybridized carbons (Fsp3) is 0.647. The van der Waals surface area contributed by atoms with E-state index in [9.17, 15) is 8.42 Å². The highest BCUT2D eigenvalue weighted by Gasteiger charge is 2.38. The van der Waals surface area contributed by atoms with Crippen LogP contribution in [0.4, 0.5) is 0 Å². The zero-order valence-electron chi connectivity index (χ0n) is 14.7. The van der Waals surface area contributed by atoms with Crippen LogP contribution in [0.1, 0.15) is 49.2 Å². The molecular weight excluding hydrogens is 352 g/mol. The molecule has 0 saturated carbocycles. The van der Waals surface area contributed by atoms with E-state index in [4.69, 9.17) is 0 Å². The second-order valence-corrected chi connectivity index (χ2v) is 9.39. The Hall–Kier alpha value is -1.71. The van der Waals surface area contributed by atoms with Crippen LogP contribution >= 0.6 is 0 Å². The van der Waals surface area contributed by atoms with Crippen molar-refractivity contribution in [2.24, 2.45) is 4.99 Å². The lowest BCUT2D eigenvalue weighted by Gasteiger charge is -2.35. The summed E-state index contributed by atoms with van der Waals surface area (Å²) in [7, 11) is -3.35. The van der Waals surface area contributed by atoms with Crippen molar-refractivity contribution < 1.29 is 8.42 Å². The van der Waals surface area contributed by atoms with Crippen molar-refractivity contribution in [1.29, 1.82) is 0 Å². The van der Waals surface area contributed by atoms with Crippen LogP contribution in [0.2, 0.25) is 0 Å². The molecule has 0 radical (unpaired) electrons. The van der Waals surface area contributed by atoms with E-state index in [1.165, 1.54) is 0 Å². The number of piperidine rings is 1. The van der Waals surface area contributed by atoms with Crippen LogP contribution in [-0.4, -0.2) is 65.1 Å². The number of imidazole rings is 1. The molecule has 26 heavy (non-hydrogen) atoms. The number of fused-ring (bicyclic) bond motifs is 3. The van der Waals surface area contributed by atoms with E-state index in [2.05, 4.69) is 25.9 Å². The molecule has 2 unspecified atom stereocenters. The summed E-state index contributed by atoms with van der Waals surface area (Å²) in [6, 6.07) is 0.123. The van der Waals surface area contributed by atoms with Gasteiger partial charge in [-0.2, -0.15) is 17.0 Å². The van der Waals surface area contributed by atoms with Crippen LogP contribution in [0.25, 0.3) is 0 Å². The zero-order chi connectivity index (χ0) is 17.7. The van der Waals surface area contributed by atoms with Gasteiger partial charge in [0.15, 0.2) is 0 Å². The maximum absolute atomic E-state index is 13.0. The maximum atomic E-state index is 13.0. The predicted octanol–water partition coefficient (Wildman–Crippen LogP) is 0.820. The second-order valence-electron chi connectivity index (χ2n) is 7.46. The summed E-state index contributed by atoms with van der Waals surface area (Å²) in [4.78, 5) is 9.20. The van der Waals surface area contributed by atoms with Crippen molar-refractivity contribution in [2.75, 3.05) is 26.2 Å². The van der Waals surface area contributed by atoms with E-state index < -0.39 is 10.2 Å². The second kappa shape index (κ2) is 6.17. The highest BCUT2D eigenvalue weighted by Crippen LogP contribution is 2.34. The molecule has 140 valence electrons. The van der Waals surface area contributed by atoms with Gasteiger partial charge in [-0.3, -0.25) is 4.99 Å². The predicted molar refractivity (Wildman–Crippen MR) is 98.2 cm³/mol. The summed E-state index contributed by atoms with van der Waals surface area (Å²) in [6.45, 7) is 2.43. The van der Waals surface area contributed by atoms with Gasteiger partial charge in [0.05, 0.1) is 17.9 Å². The molecule has 2 saturated heterocycles. The van der Waals surface area contributed by atoms with Crippen LogP contribution in [0.3, 0.4) is 0 Å². The summed E-state index contributed by atoms with van der Waals surface area (Å²) in [5.41, 5.74) is 0.995. The lowest BCUT2D eigenvalue weighted by atomic mass is 9.98. The van der Waals surface area contributed by atoms with E-state index in [0.29, 0.717) is 26.2 Å². The molecule has 8 nitrogen and oxygen atoms in total. The van der Waals surface area contributed by atoms with Crippen molar-refractivity contribution in [1.82, 2.24) is 23.5 Å². The topological polar surface area (TPSA) is 82.8 Å². The van der Waals surface area contributed by atoms with Gasteiger partial charge in [0, 0.05) is 38.3 Å². The van der Waals surface area contributed by atoms with Gasteiger partial charge < -0.3 is 9.88 Å². The van der Waals surface area contributed by atoms with Crippen LogP contribution in [0.15, 0.2) is 23.5 Å². The van der Waals surface area contributed by atoms with Crippen LogP contribution in [0.5, 0.6) is 0 Å². The molecule has 0 aromatic carbocycles. The Morgan fingerprint density at radius 2 is 1.92 bits per heavy atom.